The molecule has 0 saturated carbocycles. The van der Waals surface area contributed by atoms with Crippen LogP contribution in [0.1, 0.15) is 15.9 Å². The number of carbonyl (C=O) groups excluding carboxylic acids is 1. The molecule has 0 radical (unpaired) electrons. The first-order valence-corrected chi connectivity index (χ1v) is 9.33. The summed E-state index contributed by atoms with van der Waals surface area (Å²) in [5, 5.41) is 3.44. The fraction of sp³-hybridized carbons (Fsp3) is 0.0909. The summed E-state index contributed by atoms with van der Waals surface area (Å²) in [7, 11) is 0. The van der Waals surface area contributed by atoms with Gasteiger partial charge in [0, 0.05) is 11.3 Å². The van der Waals surface area contributed by atoms with Crippen LogP contribution in [0.2, 0.25) is 5.02 Å². The topological polar surface area (TPSA) is 73.6 Å². The van der Waals surface area contributed by atoms with Gasteiger partial charge < -0.3 is 19.2 Å². The molecular weight excluding hydrogens is 392 g/mol. The number of halogens is 1. The number of rotatable bonds is 3. The Morgan fingerprint density at radius 3 is 2.76 bits per heavy atom. The van der Waals surface area contributed by atoms with Crippen molar-refractivity contribution in [1.82, 2.24) is 4.98 Å². The molecule has 7 heteroatoms. The van der Waals surface area contributed by atoms with Gasteiger partial charge >= 0.3 is 0 Å². The van der Waals surface area contributed by atoms with E-state index < -0.39 is 0 Å². The van der Waals surface area contributed by atoms with Crippen molar-refractivity contribution >= 4 is 34.3 Å². The Bertz CT molecular complexity index is 1270. The summed E-state index contributed by atoms with van der Waals surface area (Å²) in [6.45, 7) is 2.13. The van der Waals surface area contributed by atoms with Crippen molar-refractivity contribution in [3.8, 4) is 23.0 Å². The van der Waals surface area contributed by atoms with Gasteiger partial charge in [0.05, 0.1) is 10.6 Å². The van der Waals surface area contributed by atoms with Crippen LogP contribution >= 0.6 is 11.6 Å². The van der Waals surface area contributed by atoms with Gasteiger partial charge in [-0.2, -0.15) is 0 Å². The van der Waals surface area contributed by atoms with Crippen LogP contribution < -0.4 is 14.8 Å². The van der Waals surface area contributed by atoms with Crippen molar-refractivity contribution < 1.29 is 18.7 Å². The number of benzene rings is 3. The average Bonchev–Trinajstić information content (AvgIpc) is 3.33. The summed E-state index contributed by atoms with van der Waals surface area (Å²) in [4.78, 5) is 17.1. The Kier molecular flexibility index (Phi) is 4.14. The molecule has 1 aliphatic heterocycles. The van der Waals surface area contributed by atoms with E-state index in [1.165, 1.54) is 0 Å². The van der Waals surface area contributed by atoms with Crippen LogP contribution in [0.15, 0.2) is 59.0 Å². The van der Waals surface area contributed by atoms with E-state index >= 15 is 0 Å². The molecule has 0 saturated heterocycles. The highest BCUT2D eigenvalue weighted by Crippen LogP contribution is 2.33. The van der Waals surface area contributed by atoms with E-state index in [9.17, 15) is 4.79 Å². The maximum Gasteiger partial charge on any atom is 0.255 e. The summed E-state index contributed by atoms with van der Waals surface area (Å²) in [5.74, 6) is 1.37. The first kappa shape index (κ1) is 17.6. The highest BCUT2D eigenvalue weighted by molar-refractivity contribution is 6.33. The summed E-state index contributed by atoms with van der Waals surface area (Å²) in [6.07, 6.45) is 0. The molecule has 3 aromatic carbocycles. The van der Waals surface area contributed by atoms with Gasteiger partial charge in [0.2, 0.25) is 12.7 Å². The smallest absolute Gasteiger partial charge is 0.255 e. The predicted octanol–water partition coefficient (Wildman–Crippen LogP) is 5.44. The lowest BCUT2D eigenvalue weighted by molar-refractivity contribution is 0.102. The Hall–Kier alpha value is -3.51. The number of anilines is 1. The number of hydrogen-bond donors (Lipinski definition) is 1. The maximum atomic E-state index is 12.6. The minimum absolute atomic E-state index is 0.163. The second-order valence-electron chi connectivity index (χ2n) is 6.71. The molecule has 0 bridgehead atoms. The molecule has 6 nitrogen and oxygen atoms in total. The number of aromatic nitrogens is 1. The van der Waals surface area contributed by atoms with Gasteiger partial charge in [-0.1, -0.05) is 17.7 Å². The van der Waals surface area contributed by atoms with Gasteiger partial charge in [-0.3, -0.25) is 4.79 Å². The van der Waals surface area contributed by atoms with Gasteiger partial charge in [0.1, 0.15) is 5.52 Å². The van der Waals surface area contributed by atoms with Crippen LogP contribution in [0, 0.1) is 6.92 Å². The minimum atomic E-state index is -0.257. The number of carbonyl (C=O) groups is 1. The average molecular weight is 407 g/mol. The van der Waals surface area contributed by atoms with E-state index in [0.29, 0.717) is 44.8 Å². The van der Waals surface area contributed by atoms with Crippen molar-refractivity contribution in [2.45, 2.75) is 6.92 Å². The summed E-state index contributed by atoms with van der Waals surface area (Å²) in [5.41, 5.74) is 4.09. The Labute approximate surface area is 171 Å². The Balaban J connectivity index is 1.42. The highest BCUT2D eigenvalue weighted by Gasteiger charge is 2.17. The third kappa shape index (κ3) is 3.28. The fourth-order valence-corrected chi connectivity index (χ4v) is 3.47. The number of hydrogen-bond acceptors (Lipinski definition) is 5. The molecule has 1 amide bonds. The van der Waals surface area contributed by atoms with Gasteiger partial charge in [-0.15, -0.1) is 0 Å². The van der Waals surface area contributed by atoms with Crippen LogP contribution in [0.25, 0.3) is 22.6 Å². The van der Waals surface area contributed by atoms with Crippen molar-refractivity contribution in [3.63, 3.8) is 0 Å². The van der Waals surface area contributed by atoms with Crippen molar-refractivity contribution in [1.29, 1.82) is 0 Å². The van der Waals surface area contributed by atoms with Gasteiger partial charge in [0.25, 0.3) is 5.91 Å². The molecule has 2 heterocycles. The number of nitrogens with zero attached hydrogens (tertiary/aromatic N) is 1. The zero-order chi connectivity index (χ0) is 20.0. The first-order chi connectivity index (χ1) is 14.1. The standard InChI is InChI=1S/C22H15ClN2O4/c1-12-2-5-15(16(23)8-12)22-25-17-10-14(4-7-18(17)29-22)24-21(26)13-3-6-19-20(9-13)28-11-27-19/h2-10H,11H2,1H3,(H,24,26). The summed E-state index contributed by atoms with van der Waals surface area (Å²) >= 11 is 6.32. The minimum Gasteiger partial charge on any atom is -0.454 e. The molecule has 4 aromatic rings. The molecule has 0 aliphatic carbocycles. The molecule has 29 heavy (non-hydrogen) atoms. The van der Waals surface area contributed by atoms with Crippen LogP contribution in [-0.4, -0.2) is 17.7 Å². The van der Waals surface area contributed by atoms with Gasteiger partial charge in [0.15, 0.2) is 17.1 Å². The maximum absolute atomic E-state index is 12.6. The normalized spacial score (nSPS) is 12.3. The van der Waals surface area contributed by atoms with E-state index in [4.69, 9.17) is 25.5 Å². The largest absolute Gasteiger partial charge is 0.454 e. The Morgan fingerprint density at radius 1 is 1.03 bits per heavy atom. The van der Waals surface area contributed by atoms with Crippen LogP contribution in [-0.2, 0) is 0 Å². The van der Waals surface area contributed by atoms with Crippen molar-refractivity contribution in [2.75, 3.05) is 12.1 Å². The van der Waals surface area contributed by atoms with Crippen molar-refractivity contribution in [2.24, 2.45) is 0 Å². The molecule has 0 fully saturated rings. The quantitative estimate of drug-likeness (QED) is 0.490. The summed E-state index contributed by atoms with van der Waals surface area (Å²) in [6, 6.07) is 16.0. The summed E-state index contributed by atoms with van der Waals surface area (Å²) < 4.78 is 16.4. The molecule has 144 valence electrons. The molecule has 1 aliphatic rings. The molecule has 1 aromatic heterocycles. The second-order valence-corrected chi connectivity index (χ2v) is 7.11. The number of ether oxygens (including phenoxy) is 2. The number of nitrogens with one attached hydrogen (secondary N) is 1. The molecule has 0 spiro atoms. The molecule has 1 N–H and O–H groups in total. The van der Waals surface area contributed by atoms with E-state index in [1.807, 2.05) is 25.1 Å². The third-order valence-electron chi connectivity index (χ3n) is 4.64. The van der Waals surface area contributed by atoms with Gasteiger partial charge in [-0.05, 0) is 61.0 Å². The third-order valence-corrected chi connectivity index (χ3v) is 4.95. The van der Waals surface area contributed by atoms with Crippen LogP contribution in [0.4, 0.5) is 5.69 Å². The number of oxazole rings is 1. The monoisotopic (exact) mass is 406 g/mol. The van der Waals surface area contributed by atoms with E-state index in [1.54, 1.807) is 36.4 Å². The molecule has 0 unspecified atom stereocenters. The zero-order valence-corrected chi connectivity index (χ0v) is 16.1. The zero-order valence-electron chi connectivity index (χ0n) is 15.4. The highest BCUT2D eigenvalue weighted by atomic mass is 35.5. The molecule has 5 rings (SSSR count). The SMILES string of the molecule is Cc1ccc(-c2nc3cc(NC(=O)c4ccc5c(c4)OCO5)ccc3o2)c(Cl)c1. The predicted molar refractivity (Wildman–Crippen MR) is 110 cm³/mol. The van der Waals surface area contributed by atoms with Gasteiger partial charge in [-0.25, -0.2) is 4.98 Å². The fourth-order valence-electron chi connectivity index (χ4n) is 3.16. The number of amides is 1. The first-order valence-electron chi connectivity index (χ1n) is 8.95. The lowest BCUT2D eigenvalue weighted by Crippen LogP contribution is -2.11. The lowest BCUT2D eigenvalue weighted by Gasteiger charge is -2.05. The lowest BCUT2D eigenvalue weighted by atomic mass is 10.1. The van der Waals surface area contributed by atoms with Crippen molar-refractivity contribution in [3.05, 3.63) is 70.7 Å². The second kappa shape index (κ2) is 6.83. The Morgan fingerprint density at radius 2 is 1.90 bits per heavy atom. The number of fused-ring (bicyclic) bond motifs is 2. The van der Waals surface area contributed by atoms with E-state index in [2.05, 4.69) is 10.3 Å². The van der Waals surface area contributed by atoms with E-state index in [0.717, 1.165) is 11.1 Å². The van der Waals surface area contributed by atoms with E-state index in [-0.39, 0.29) is 12.7 Å². The molecule has 0 atom stereocenters. The van der Waals surface area contributed by atoms with Crippen LogP contribution in [0.5, 0.6) is 11.5 Å². The number of aryl methyl sites for hydroxylation is 1. The molecular formula is C22H15ClN2O4. The van der Waals surface area contributed by atoms with Crippen LogP contribution in [0.3, 0.4) is 0 Å².